The molecule has 4 rings (SSSR count). The number of anilines is 2. The van der Waals surface area contributed by atoms with Gasteiger partial charge < -0.3 is 10.2 Å². The van der Waals surface area contributed by atoms with Crippen molar-refractivity contribution in [1.82, 2.24) is 4.98 Å². The predicted molar refractivity (Wildman–Crippen MR) is 138 cm³/mol. The summed E-state index contributed by atoms with van der Waals surface area (Å²) in [7, 11) is 0. The fourth-order valence-corrected chi connectivity index (χ4v) is 4.48. The molecule has 0 saturated heterocycles. The van der Waals surface area contributed by atoms with E-state index >= 15 is 0 Å². The number of hydrogen-bond acceptors (Lipinski definition) is 3. The number of nitrogens with zero attached hydrogens (tertiary/aromatic N) is 2. The summed E-state index contributed by atoms with van der Waals surface area (Å²) in [5, 5.41) is 2.92. The Kier molecular flexibility index (Phi) is 8.38. The van der Waals surface area contributed by atoms with Gasteiger partial charge in [-0.05, 0) is 85.4 Å². The lowest BCUT2D eigenvalue weighted by Crippen LogP contribution is -2.24. The molecule has 2 aromatic carbocycles. The van der Waals surface area contributed by atoms with Gasteiger partial charge in [-0.2, -0.15) is 13.2 Å². The Morgan fingerprint density at radius 1 is 0.946 bits per heavy atom. The molecule has 0 spiro atoms. The molecule has 0 atom stereocenters. The molecule has 1 aromatic heterocycles. The molecule has 0 fully saturated rings. The third-order valence-corrected chi connectivity index (χ3v) is 6.47. The average Bonchev–Trinajstić information content (AvgIpc) is 3.16. The molecule has 3 aromatic rings. The summed E-state index contributed by atoms with van der Waals surface area (Å²) in [6, 6.07) is 17.7. The van der Waals surface area contributed by atoms with Gasteiger partial charge in [0.2, 0.25) is 6.41 Å². The van der Waals surface area contributed by atoms with Crippen LogP contribution in [0.3, 0.4) is 0 Å². The molecule has 37 heavy (non-hydrogen) atoms. The quantitative estimate of drug-likeness (QED) is 0.347. The van der Waals surface area contributed by atoms with Crippen molar-refractivity contribution in [2.75, 3.05) is 16.8 Å². The van der Waals surface area contributed by atoms with Crippen LogP contribution in [0.1, 0.15) is 48.9 Å². The Labute approximate surface area is 214 Å². The number of carbonyl (C=O) groups is 2. The van der Waals surface area contributed by atoms with Gasteiger partial charge in [0.25, 0.3) is 5.91 Å². The van der Waals surface area contributed by atoms with Crippen molar-refractivity contribution in [2.45, 2.75) is 44.7 Å². The van der Waals surface area contributed by atoms with E-state index in [1.165, 1.54) is 12.1 Å². The number of rotatable bonds is 8. The second-order valence-corrected chi connectivity index (χ2v) is 8.96. The van der Waals surface area contributed by atoms with E-state index in [0.717, 1.165) is 49.1 Å². The number of amides is 2. The first-order valence-electron chi connectivity index (χ1n) is 12.3. The number of halogens is 3. The second-order valence-electron chi connectivity index (χ2n) is 8.96. The molecular formula is C29H28F3N3O2. The number of aromatic nitrogens is 1. The van der Waals surface area contributed by atoms with Crippen molar-refractivity contribution in [2.24, 2.45) is 0 Å². The lowest BCUT2D eigenvalue weighted by Gasteiger charge is -2.18. The van der Waals surface area contributed by atoms with Crippen LogP contribution in [0, 0.1) is 0 Å². The molecule has 1 aliphatic rings. The van der Waals surface area contributed by atoms with E-state index in [1.807, 2.05) is 18.2 Å². The van der Waals surface area contributed by atoms with Crippen LogP contribution in [0.25, 0.3) is 5.57 Å². The Morgan fingerprint density at radius 2 is 1.68 bits per heavy atom. The van der Waals surface area contributed by atoms with Gasteiger partial charge >= 0.3 is 6.18 Å². The van der Waals surface area contributed by atoms with Crippen molar-refractivity contribution in [3.05, 3.63) is 95.3 Å². The van der Waals surface area contributed by atoms with E-state index in [-0.39, 0.29) is 5.91 Å². The molecule has 8 heteroatoms. The maximum absolute atomic E-state index is 13.2. The van der Waals surface area contributed by atoms with E-state index in [9.17, 15) is 22.8 Å². The Bertz CT molecular complexity index is 1240. The summed E-state index contributed by atoms with van der Waals surface area (Å²) in [6.07, 6.45) is 2.56. The third kappa shape index (κ3) is 6.84. The van der Waals surface area contributed by atoms with Crippen molar-refractivity contribution < 1.29 is 22.8 Å². The summed E-state index contributed by atoms with van der Waals surface area (Å²) in [5.41, 5.74) is 3.49. The SMILES string of the molecule is O=CN(CCc1ccccn1)c1ccc(NC(=O)C2=C(c3ccc(C(F)(F)F)cc3)CCCCC2)cc1. The highest BCUT2D eigenvalue weighted by atomic mass is 19.4. The van der Waals surface area contributed by atoms with Gasteiger partial charge in [0.1, 0.15) is 0 Å². The first kappa shape index (κ1) is 26.1. The second kappa shape index (κ2) is 11.9. The van der Waals surface area contributed by atoms with Crippen molar-refractivity contribution in [3.8, 4) is 0 Å². The zero-order chi connectivity index (χ0) is 26.3. The van der Waals surface area contributed by atoms with E-state index in [1.54, 1.807) is 35.4 Å². The summed E-state index contributed by atoms with van der Waals surface area (Å²) in [6.45, 7) is 0.468. The third-order valence-electron chi connectivity index (χ3n) is 6.47. The standard InChI is InChI=1S/C29H28F3N3O2/c30-29(31,32)22-11-9-21(10-12-22)26-7-2-1-3-8-27(26)28(37)34-24-13-15-25(16-14-24)35(20-36)19-17-23-6-4-5-18-33-23/h4-6,9-16,18,20H,1-3,7-8,17,19H2,(H,34,37). The smallest absolute Gasteiger partial charge is 0.322 e. The minimum Gasteiger partial charge on any atom is -0.322 e. The number of allylic oxidation sites excluding steroid dienone is 1. The van der Waals surface area contributed by atoms with Gasteiger partial charge in [0.05, 0.1) is 5.56 Å². The summed E-state index contributed by atoms with van der Waals surface area (Å²) in [5.74, 6) is -0.257. The van der Waals surface area contributed by atoms with E-state index in [0.29, 0.717) is 48.3 Å². The van der Waals surface area contributed by atoms with E-state index in [2.05, 4.69) is 10.3 Å². The number of benzene rings is 2. The first-order chi connectivity index (χ1) is 17.8. The normalized spacial score (nSPS) is 14.1. The first-order valence-corrected chi connectivity index (χ1v) is 12.3. The van der Waals surface area contributed by atoms with Crippen molar-refractivity contribution in [3.63, 3.8) is 0 Å². The van der Waals surface area contributed by atoms with Gasteiger partial charge in [-0.15, -0.1) is 0 Å². The molecule has 0 aliphatic heterocycles. The maximum atomic E-state index is 13.2. The minimum atomic E-state index is -4.40. The summed E-state index contributed by atoms with van der Waals surface area (Å²) >= 11 is 0. The zero-order valence-electron chi connectivity index (χ0n) is 20.3. The Balaban J connectivity index is 1.48. The number of alkyl halides is 3. The molecule has 2 amide bonds. The molecule has 0 bridgehead atoms. The van der Waals surface area contributed by atoms with Crippen molar-refractivity contribution in [1.29, 1.82) is 0 Å². The van der Waals surface area contributed by atoms with Crippen LogP contribution < -0.4 is 10.2 Å². The topological polar surface area (TPSA) is 62.3 Å². The van der Waals surface area contributed by atoms with E-state index in [4.69, 9.17) is 0 Å². The van der Waals surface area contributed by atoms with Gasteiger partial charge in [-0.25, -0.2) is 0 Å². The molecule has 1 heterocycles. The fraction of sp³-hybridized carbons (Fsp3) is 0.276. The highest BCUT2D eigenvalue weighted by molar-refractivity contribution is 6.09. The number of pyridine rings is 1. The lowest BCUT2D eigenvalue weighted by molar-refractivity contribution is -0.137. The largest absolute Gasteiger partial charge is 0.416 e. The molecule has 0 saturated carbocycles. The van der Waals surface area contributed by atoms with Crippen LogP contribution in [-0.4, -0.2) is 23.8 Å². The molecule has 192 valence electrons. The highest BCUT2D eigenvalue weighted by Crippen LogP contribution is 2.35. The molecule has 0 unspecified atom stereocenters. The number of carbonyl (C=O) groups excluding carboxylic acids is 2. The predicted octanol–water partition coefficient (Wildman–Crippen LogP) is 6.66. The number of nitrogens with one attached hydrogen (secondary N) is 1. The maximum Gasteiger partial charge on any atom is 0.416 e. The van der Waals surface area contributed by atoms with Gasteiger partial charge in [0.15, 0.2) is 0 Å². The van der Waals surface area contributed by atoms with Crippen LogP contribution in [0.15, 0.2) is 78.5 Å². The molecular weight excluding hydrogens is 479 g/mol. The van der Waals surface area contributed by atoms with Crippen LogP contribution in [0.5, 0.6) is 0 Å². The molecule has 1 N–H and O–H groups in total. The summed E-state index contributed by atoms with van der Waals surface area (Å²) < 4.78 is 39.0. The van der Waals surface area contributed by atoms with Crippen LogP contribution in [0.4, 0.5) is 24.5 Å². The highest BCUT2D eigenvalue weighted by Gasteiger charge is 2.30. The van der Waals surface area contributed by atoms with Gasteiger partial charge in [0, 0.05) is 41.8 Å². The minimum absolute atomic E-state index is 0.257. The summed E-state index contributed by atoms with van der Waals surface area (Å²) in [4.78, 5) is 30.7. The Hall–Kier alpha value is -3.94. The van der Waals surface area contributed by atoms with Gasteiger partial charge in [-0.3, -0.25) is 14.6 Å². The lowest BCUT2D eigenvalue weighted by atomic mass is 9.94. The zero-order valence-corrected chi connectivity index (χ0v) is 20.3. The van der Waals surface area contributed by atoms with Crippen LogP contribution >= 0.6 is 0 Å². The van der Waals surface area contributed by atoms with Gasteiger partial charge in [-0.1, -0.05) is 24.6 Å². The van der Waals surface area contributed by atoms with Crippen LogP contribution in [0.2, 0.25) is 0 Å². The molecule has 1 aliphatic carbocycles. The molecule has 0 radical (unpaired) electrons. The fourth-order valence-electron chi connectivity index (χ4n) is 4.48. The number of hydrogen-bond donors (Lipinski definition) is 1. The average molecular weight is 508 g/mol. The van der Waals surface area contributed by atoms with Crippen molar-refractivity contribution >= 4 is 29.3 Å². The monoisotopic (exact) mass is 507 g/mol. The van der Waals surface area contributed by atoms with Crippen LogP contribution in [-0.2, 0) is 22.2 Å². The Morgan fingerprint density at radius 3 is 2.32 bits per heavy atom. The molecule has 5 nitrogen and oxygen atoms in total. The van der Waals surface area contributed by atoms with E-state index < -0.39 is 11.7 Å².